The molecule has 0 fully saturated rings. The van der Waals surface area contributed by atoms with Crippen LogP contribution in [0.5, 0.6) is 0 Å². The van der Waals surface area contributed by atoms with E-state index in [0.29, 0.717) is 5.56 Å². The summed E-state index contributed by atoms with van der Waals surface area (Å²) in [6, 6.07) is 60.2. The van der Waals surface area contributed by atoms with E-state index in [0.717, 1.165) is 22.4 Å². The van der Waals surface area contributed by atoms with Crippen LogP contribution in [0.2, 0.25) is 0 Å². The summed E-state index contributed by atoms with van der Waals surface area (Å²) in [5.41, 5.74) is 12.2. The fourth-order valence-corrected chi connectivity index (χ4v) is 7.06. The first kappa shape index (κ1) is 26.1. The van der Waals surface area contributed by atoms with E-state index in [1.54, 1.807) is 0 Å². The highest BCUT2D eigenvalue weighted by molar-refractivity contribution is 6.15. The molecule has 0 saturated carbocycles. The van der Waals surface area contributed by atoms with Crippen LogP contribution in [-0.2, 0) is 0 Å². The second-order valence-electron chi connectivity index (χ2n) is 11.7. The van der Waals surface area contributed by atoms with Crippen molar-refractivity contribution in [1.29, 1.82) is 5.26 Å². The van der Waals surface area contributed by atoms with E-state index in [1.807, 2.05) is 24.3 Å². The van der Waals surface area contributed by atoms with Crippen LogP contribution >= 0.6 is 0 Å². The van der Waals surface area contributed by atoms with Crippen molar-refractivity contribution < 1.29 is 0 Å². The van der Waals surface area contributed by atoms with Crippen molar-refractivity contribution in [3.8, 4) is 39.7 Å². The lowest BCUT2D eigenvalue weighted by Crippen LogP contribution is -1.95. The maximum absolute atomic E-state index is 9.46. The highest BCUT2D eigenvalue weighted by atomic mass is 15.0. The smallest absolute Gasteiger partial charge is 0.0991 e. The number of hydrogen-bond donors (Lipinski definition) is 0. The van der Waals surface area contributed by atoms with Gasteiger partial charge in [-0.05, 0) is 83.4 Å². The zero-order valence-electron chi connectivity index (χ0n) is 24.9. The van der Waals surface area contributed by atoms with Crippen molar-refractivity contribution in [2.24, 2.45) is 0 Å². The highest BCUT2D eigenvalue weighted by Crippen LogP contribution is 2.41. The molecule has 9 rings (SSSR count). The maximum Gasteiger partial charge on any atom is 0.0991 e. The maximum atomic E-state index is 9.46. The predicted molar refractivity (Wildman–Crippen MR) is 191 cm³/mol. The van der Waals surface area contributed by atoms with Crippen LogP contribution in [0.4, 0.5) is 0 Å². The largest absolute Gasteiger partial charge is 0.309 e. The fraction of sp³-hybridized carbons (Fsp3) is 0. The number of fused-ring (bicyclic) bond motifs is 6. The predicted octanol–water partition coefficient (Wildman–Crippen LogP) is 11.1. The molecule has 2 heterocycles. The first-order valence-electron chi connectivity index (χ1n) is 15.5. The number of aromatic nitrogens is 2. The zero-order chi connectivity index (χ0) is 30.6. The minimum Gasteiger partial charge on any atom is -0.309 e. The molecule has 3 heteroatoms. The van der Waals surface area contributed by atoms with Crippen LogP contribution in [0.15, 0.2) is 164 Å². The quantitative estimate of drug-likeness (QED) is 0.202. The SMILES string of the molecule is N#Cc1ccc(-n2c3ccc(-c4ccc5c(c4)c4ccccc4n5-c4ccccc4)cc3c3cccc(-c4ccccc4)c32)cc1. The Balaban J connectivity index is 1.29. The number of benzene rings is 7. The van der Waals surface area contributed by atoms with Gasteiger partial charge in [0.2, 0.25) is 0 Å². The van der Waals surface area contributed by atoms with Gasteiger partial charge in [0.1, 0.15) is 0 Å². The topological polar surface area (TPSA) is 33.6 Å². The van der Waals surface area contributed by atoms with Crippen LogP contribution in [0.3, 0.4) is 0 Å². The lowest BCUT2D eigenvalue weighted by Gasteiger charge is -2.12. The molecule has 0 aliphatic heterocycles. The normalized spacial score (nSPS) is 11.5. The van der Waals surface area contributed by atoms with Gasteiger partial charge in [-0.15, -0.1) is 0 Å². The Hall–Kier alpha value is -6.37. The minimum absolute atomic E-state index is 0.652. The molecule has 0 spiro atoms. The molecule has 0 bridgehead atoms. The summed E-state index contributed by atoms with van der Waals surface area (Å²) in [5, 5.41) is 14.3. The molecule has 7 aromatic carbocycles. The molecule has 0 atom stereocenters. The van der Waals surface area contributed by atoms with Gasteiger partial charge in [0.05, 0.1) is 33.7 Å². The molecular weight excluding hydrogens is 558 g/mol. The Morgan fingerprint density at radius 1 is 0.391 bits per heavy atom. The van der Waals surface area contributed by atoms with E-state index in [4.69, 9.17) is 0 Å². The molecule has 0 amide bonds. The zero-order valence-corrected chi connectivity index (χ0v) is 24.9. The second kappa shape index (κ2) is 10.4. The molecule has 3 nitrogen and oxygen atoms in total. The fourth-order valence-electron chi connectivity index (χ4n) is 7.06. The Bertz CT molecular complexity index is 2620. The number of nitriles is 1. The Morgan fingerprint density at radius 2 is 0.957 bits per heavy atom. The summed E-state index contributed by atoms with van der Waals surface area (Å²) in [7, 11) is 0. The Morgan fingerprint density at radius 3 is 1.67 bits per heavy atom. The number of para-hydroxylation sites is 3. The minimum atomic E-state index is 0.652. The van der Waals surface area contributed by atoms with Crippen LogP contribution < -0.4 is 0 Å². The standard InChI is InChI=1S/C43H27N3/c44-28-29-18-22-34(23-19-29)46-42-25-21-32(27-39(42)37-16-9-15-35(43(37)46)30-10-3-1-4-11-30)31-20-24-41-38(26-31)36-14-7-8-17-40(36)45(41)33-12-5-2-6-13-33/h1-27H. The van der Waals surface area contributed by atoms with E-state index in [-0.39, 0.29) is 0 Å². The number of hydrogen-bond acceptors (Lipinski definition) is 1. The summed E-state index contributed by atoms with van der Waals surface area (Å²) in [5.74, 6) is 0. The highest BCUT2D eigenvalue weighted by Gasteiger charge is 2.18. The van der Waals surface area contributed by atoms with Crippen molar-refractivity contribution in [3.63, 3.8) is 0 Å². The molecule has 0 unspecified atom stereocenters. The average molecular weight is 586 g/mol. The molecule has 214 valence electrons. The van der Waals surface area contributed by atoms with Crippen molar-refractivity contribution in [2.75, 3.05) is 0 Å². The average Bonchev–Trinajstić information content (AvgIpc) is 3.65. The van der Waals surface area contributed by atoms with Crippen LogP contribution in [0, 0.1) is 11.3 Å². The summed E-state index contributed by atoms with van der Waals surface area (Å²) < 4.78 is 4.70. The van der Waals surface area contributed by atoms with Gasteiger partial charge in [0.25, 0.3) is 0 Å². The molecule has 46 heavy (non-hydrogen) atoms. The third kappa shape index (κ3) is 3.98. The summed E-state index contributed by atoms with van der Waals surface area (Å²) in [4.78, 5) is 0. The summed E-state index contributed by atoms with van der Waals surface area (Å²) in [6.07, 6.45) is 0. The molecule has 0 aliphatic carbocycles. The summed E-state index contributed by atoms with van der Waals surface area (Å²) >= 11 is 0. The Kier molecular flexibility index (Phi) is 5.88. The Labute approximate surface area is 266 Å². The van der Waals surface area contributed by atoms with Gasteiger partial charge in [-0.3, -0.25) is 0 Å². The van der Waals surface area contributed by atoms with Crippen molar-refractivity contribution in [2.45, 2.75) is 0 Å². The molecule has 0 saturated heterocycles. The number of nitrogens with zero attached hydrogens (tertiary/aromatic N) is 3. The van der Waals surface area contributed by atoms with Crippen LogP contribution in [0.1, 0.15) is 5.56 Å². The molecular formula is C43H27N3. The molecule has 0 radical (unpaired) electrons. The van der Waals surface area contributed by atoms with Crippen LogP contribution in [0.25, 0.3) is 77.2 Å². The van der Waals surface area contributed by atoms with Crippen molar-refractivity contribution in [1.82, 2.24) is 9.13 Å². The first-order chi connectivity index (χ1) is 22.8. The second-order valence-corrected chi connectivity index (χ2v) is 11.7. The van der Waals surface area contributed by atoms with Gasteiger partial charge >= 0.3 is 0 Å². The molecule has 9 aromatic rings. The van der Waals surface area contributed by atoms with E-state index in [9.17, 15) is 5.26 Å². The van der Waals surface area contributed by atoms with E-state index in [2.05, 4.69) is 155 Å². The van der Waals surface area contributed by atoms with Crippen molar-refractivity contribution >= 4 is 43.6 Å². The molecule has 2 aromatic heterocycles. The van der Waals surface area contributed by atoms with Gasteiger partial charge in [0.15, 0.2) is 0 Å². The van der Waals surface area contributed by atoms with E-state index >= 15 is 0 Å². The first-order valence-corrected chi connectivity index (χ1v) is 15.5. The van der Waals surface area contributed by atoms with Crippen LogP contribution in [-0.4, -0.2) is 9.13 Å². The van der Waals surface area contributed by atoms with Gasteiger partial charge < -0.3 is 9.13 Å². The van der Waals surface area contributed by atoms with E-state index < -0.39 is 0 Å². The number of rotatable bonds is 4. The third-order valence-electron chi connectivity index (χ3n) is 9.15. The third-order valence-corrected chi connectivity index (χ3v) is 9.15. The van der Waals surface area contributed by atoms with Gasteiger partial charge in [0, 0.05) is 38.5 Å². The summed E-state index contributed by atoms with van der Waals surface area (Å²) in [6.45, 7) is 0. The van der Waals surface area contributed by atoms with Crippen molar-refractivity contribution in [3.05, 3.63) is 169 Å². The van der Waals surface area contributed by atoms with E-state index in [1.165, 1.54) is 54.8 Å². The molecule has 0 aliphatic rings. The lowest BCUT2D eigenvalue weighted by molar-refractivity contribution is 1.18. The van der Waals surface area contributed by atoms with Gasteiger partial charge in [-0.25, -0.2) is 0 Å². The van der Waals surface area contributed by atoms with Gasteiger partial charge in [-0.1, -0.05) is 97.1 Å². The monoisotopic (exact) mass is 585 g/mol. The molecule has 0 N–H and O–H groups in total. The van der Waals surface area contributed by atoms with Gasteiger partial charge in [-0.2, -0.15) is 5.26 Å². The lowest BCUT2D eigenvalue weighted by atomic mass is 9.99.